The molecule has 1 aliphatic rings. The Hall–Kier alpha value is -3.37. The maximum Gasteiger partial charge on any atom is 0.271 e. The Morgan fingerprint density at radius 2 is 1.86 bits per heavy atom. The summed E-state index contributed by atoms with van der Waals surface area (Å²) >= 11 is 1.49. The third kappa shape index (κ3) is 8.69. The number of carbonyl (C=O) groups excluding carboxylic acids is 3. The van der Waals surface area contributed by atoms with Crippen molar-refractivity contribution in [3.05, 3.63) is 60.6 Å². The third-order valence-electron chi connectivity index (χ3n) is 4.96. The highest BCUT2D eigenvalue weighted by Gasteiger charge is 2.27. The van der Waals surface area contributed by atoms with E-state index in [1.54, 1.807) is 12.1 Å². The van der Waals surface area contributed by atoms with Crippen molar-refractivity contribution in [3.63, 3.8) is 0 Å². The van der Waals surface area contributed by atoms with Gasteiger partial charge >= 0.3 is 0 Å². The van der Waals surface area contributed by atoms with Crippen LogP contribution in [0.25, 0.3) is 11.0 Å². The number of rotatable bonds is 6. The van der Waals surface area contributed by atoms with E-state index in [2.05, 4.69) is 46.4 Å². The molecular weight excluding hydrogens is 476 g/mol. The molecule has 0 bridgehead atoms. The molecular formula is C26H33N6O3S+. The van der Waals surface area contributed by atoms with Crippen molar-refractivity contribution in [1.29, 1.82) is 0 Å². The molecule has 10 heteroatoms. The first-order chi connectivity index (χ1) is 17.3. The predicted octanol–water partition coefficient (Wildman–Crippen LogP) is 2.69. The van der Waals surface area contributed by atoms with Gasteiger partial charge in [-0.05, 0) is 37.0 Å². The SMILES string of the molecule is CC(C)C.O=C(CNC(=O)c1cnc2ccccc2n1)N[C@H]1CCCN(Sc2cccc[nH+]2)CC1=O. The number of aromatic amines is 1. The van der Waals surface area contributed by atoms with E-state index in [-0.39, 0.29) is 24.6 Å². The quantitative estimate of drug-likeness (QED) is 0.491. The first-order valence-corrected chi connectivity index (χ1v) is 12.8. The van der Waals surface area contributed by atoms with E-state index in [1.165, 1.54) is 18.1 Å². The number of hydrogen-bond donors (Lipinski definition) is 2. The fraction of sp³-hybridized carbons (Fsp3) is 0.385. The summed E-state index contributed by atoms with van der Waals surface area (Å²) in [4.78, 5) is 49.0. The first-order valence-electron chi connectivity index (χ1n) is 12.0. The minimum Gasteiger partial charge on any atom is -0.345 e. The lowest BCUT2D eigenvalue weighted by molar-refractivity contribution is -0.426. The number of benzene rings is 1. The molecule has 2 amide bonds. The van der Waals surface area contributed by atoms with Gasteiger partial charge in [0, 0.05) is 30.6 Å². The van der Waals surface area contributed by atoms with Crippen LogP contribution in [0.2, 0.25) is 0 Å². The average Bonchev–Trinajstić information content (AvgIpc) is 3.03. The monoisotopic (exact) mass is 509 g/mol. The summed E-state index contributed by atoms with van der Waals surface area (Å²) in [6.07, 6.45) is 4.55. The minimum absolute atomic E-state index is 0.0500. The molecule has 1 atom stereocenters. The van der Waals surface area contributed by atoms with Gasteiger partial charge in [-0.15, -0.1) is 0 Å². The van der Waals surface area contributed by atoms with Gasteiger partial charge in [-0.2, -0.15) is 0 Å². The van der Waals surface area contributed by atoms with Crippen molar-refractivity contribution in [2.24, 2.45) is 5.92 Å². The van der Waals surface area contributed by atoms with E-state index in [0.29, 0.717) is 17.5 Å². The van der Waals surface area contributed by atoms with Crippen LogP contribution in [-0.2, 0) is 9.59 Å². The second-order valence-corrected chi connectivity index (χ2v) is 10.2. The lowest BCUT2D eigenvalue weighted by atomic mass is 10.1. The van der Waals surface area contributed by atoms with Crippen LogP contribution >= 0.6 is 11.9 Å². The number of pyridine rings is 1. The molecule has 3 aromatic rings. The zero-order valence-electron chi connectivity index (χ0n) is 20.9. The highest BCUT2D eigenvalue weighted by molar-refractivity contribution is 7.96. The van der Waals surface area contributed by atoms with E-state index in [1.807, 2.05) is 40.8 Å². The molecule has 1 fully saturated rings. The fourth-order valence-electron chi connectivity index (χ4n) is 3.36. The van der Waals surface area contributed by atoms with Gasteiger partial charge in [-0.25, -0.2) is 14.3 Å². The molecule has 3 heterocycles. The van der Waals surface area contributed by atoms with E-state index < -0.39 is 17.9 Å². The summed E-state index contributed by atoms with van der Waals surface area (Å²) < 4.78 is 1.99. The van der Waals surface area contributed by atoms with Gasteiger partial charge in [-0.1, -0.05) is 32.9 Å². The van der Waals surface area contributed by atoms with Crippen LogP contribution in [0.3, 0.4) is 0 Å². The number of ketones is 1. The molecule has 1 saturated heterocycles. The van der Waals surface area contributed by atoms with Crippen LogP contribution < -0.4 is 15.6 Å². The number of para-hydroxylation sites is 2. The molecule has 36 heavy (non-hydrogen) atoms. The fourth-order valence-corrected chi connectivity index (χ4v) is 4.31. The van der Waals surface area contributed by atoms with Gasteiger partial charge < -0.3 is 10.6 Å². The van der Waals surface area contributed by atoms with Crippen LogP contribution in [0.15, 0.2) is 59.9 Å². The zero-order valence-corrected chi connectivity index (χ0v) is 21.7. The molecule has 190 valence electrons. The summed E-state index contributed by atoms with van der Waals surface area (Å²) in [5.41, 5.74) is 1.42. The first kappa shape index (κ1) is 27.2. The van der Waals surface area contributed by atoms with Gasteiger partial charge in [0.05, 0.1) is 36.4 Å². The lowest BCUT2D eigenvalue weighted by Gasteiger charge is -2.17. The smallest absolute Gasteiger partial charge is 0.271 e. The van der Waals surface area contributed by atoms with Crippen LogP contribution in [0.1, 0.15) is 44.1 Å². The van der Waals surface area contributed by atoms with Crippen molar-refractivity contribution < 1.29 is 19.4 Å². The van der Waals surface area contributed by atoms with E-state index >= 15 is 0 Å². The number of aromatic nitrogens is 3. The summed E-state index contributed by atoms with van der Waals surface area (Å²) in [5, 5.41) is 6.23. The lowest BCUT2D eigenvalue weighted by Crippen LogP contribution is -2.46. The number of nitrogens with one attached hydrogen (secondary N) is 3. The molecule has 2 aromatic heterocycles. The molecule has 0 saturated carbocycles. The van der Waals surface area contributed by atoms with Crippen molar-refractivity contribution >= 4 is 40.6 Å². The number of nitrogens with zero attached hydrogens (tertiary/aromatic N) is 3. The largest absolute Gasteiger partial charge is 0.345 e. The number of H-pyrrole nitrogens is 1. The van der Waals surface area contributed by atoms with Crippen LogP contribution in [0.5, 0.6) is 0 Å². The molecule has 1 aliphatic heterocycles. The maximum absolute atomic E-state index is 12.6. The standard InChI is InChI=1S/C22H22N6O3S.C4H10/c29-19-14-28(32-21-9-3-4-10-23-21)11-5-8-17(19)27-20(30)13-25-22(31)18-12-24-15-6-1-2-7-16(15)26-18;1-4(2)3/h1-4,6-7,9-10,12,17H,5,8,11,13-14H2,(H,25,31)(H,27,30);4H,1-3H3/p+1/t17-;/m0./s1. The van der Waals surface area contributed by atoms with Gasteiger partial charge in [0.2, 0.25) is 5.91 Å². The zero-order chi connectivity index (χ0) is 25.9. The van der Waals surface area contributed by atoms with E-state index in [0.717, 1.165) is 23.9 Å². The Labute approximate surface area is 215 Å². The van der Waals surface area contributed by atoms with Gasteiger partial charge in [0.25, 0.3) is 10.9 Å². The number of hydrogen-bond acceptors (Lipinski definition) is 7. The molecule has 3 N–H and O–H groups in total. The van der Waals surface area contributed by atoms with Crippen molar-refractivity contribution in [1.82, 2.24) is 24.9 Å². The van der Waals surface area contributed by atoms with Crippen LogP contribution in [-0.4, -0.2) is 57.5 Å². The number of fused-ring (bicyclic) bond motifs is 1. The number of Topliss-reactive ketones (excluding diaryl/α,β-unsaturated/α-hetero) is 1. The highest BCUT2D eigenvalue weighted by atomic mass is 32.2. The summed E-state index contributed by atoms with van der Waals surface area (Å²) in [7, 11) is 0. The Morgan fingerprint density at radius 3 is 2.58 bits per heavy atom. The third-order valence-corrected chi connectivity index (χ3v) is 5.98. The second-order valence-electron chi connectivity index (χ2n) is 9.07. The van der Waals surface area contributed by atoms with Crippen LogP contribution in [0, 0.1) is 5.92 Å². The average molecular weight is 510 g/mol. The number of amides is 2. The van der Waals surface area contributed by atoms with E-state index in [9.17, 15) is 14.4 Å². The molecule has 4 rings (SSSR count). The van der Waals surface area contributed by atoms with Crippen LogP contribution in [0.4, 0.5) is 0 Å². The molecule has 0 unspecified atom stereocenters. The molecule has 0 radical (unpaired) electrons. The van der Waals surface area contributed by atoms with E-state index in [4.69, 9.17) is 0 Å². The molecule has 9 nitrogen and oxygen atoms in total. The van der Waals surface area contributed by atoms with Gasteiger partial charge in [0.15, 0.2) is 12.0 Å². The molecule has 0 aliphatic carbocycles. The number of carbonyl (C=O) groups is 3. The van der Waals surface area contributed by atoms with Gasteiger partial charge in [0.1, 0.15) is 5.69 Å². The topological polar surface area (TPSA) is 118 Å². The van der Waals surface area contributed by atoms with Crippen molar-refractivity contribution in [2.75, 3.05) is 19.6 Å². The summed E-state index contributed by atoms with van der Waals surface area (Å²) in [5.74, 6) is -0.124. The summed E-state index contributed by atoms with van der Waals surface area (Å²) in [6, 6.07) is 12.4. The Morgan fingerprint density at radius 1 is 1.14 bits per heavy atom. The Kier molecular flexibility index (Phi) is 10.3. The van der Waals surface area contributed by atoms with Crippen molar-refractivity contribution in [3.8, 4) is 0 Å². The maximum atomic E-state index is 12.6. The minimum atomic E-state index is -0.565. The normalized spacial score (nSPS) is 16.1. The predicted molar refractivity (Wildman–Crippen MR) is 139 cm³/mol. The molecule has 0 spiro atoms. The Bertz CT molecular complexity index is 1170. The second kappa shape index (κ2) is 13.6. The molecule has 1 aromatic carbocycles. The van der Waals surface area contributed by atoms with Gasteiger partial charge in [-0.3, -0.25) is 19.4 Å². The summed E-state index contributed by atoms with van der Waals surface area (Å²) in [6.45, 7) is 7.23. The highest BCUT2D eigenvalue weighted by Crippen LogP contribution is 2.21. The van der Waals surface area contributed by atoms with Crippen molar-refractivity contribution in [2.45, 2.75) is 44.7 Å². The Balaban J connectivity index is 0.000000840.